The number of fused-ring (bicyclic) bond motifs is 1. The number of hydrogen-bond acceptors (Lipinski definition) is 1. The standard InChI is InChI=1S/C17H24FN/c1-2-10-19-16(17-13-7-5-8-14(13)17)11-12-6-3-4-9-15(12)18/h3-4,6,9,13-14,16-17,19H,2,5,7-8,10-11H2,1H3. The molecular weight excluding hydrogens is 237 g/mol. The SMILES string of the molecule is CCCNC(Cc1ccccc1F)C1C2CCCC21. The second-order valence-electron chi connectivity index (χ2n) is 6.19. The minimum atomic E-state index is -0.0448. The van der Waals surface area contributed by atoms with Crippen LogP contribution >= 0.6 is 0 Å². The molecule has 1 nitrogen and oxygen atoms in total. The van der Waals surface area contributed by atoms with Crippen LogP contribution in [0.25, 0.3) is 0 Å². The third-order valence-corrected chi connectivity index (χ3v) is 4.99. The molecule has 2 aliphatic rings. The Labute approximate surface area is 115 Å². The zero-order chi connectivity index (χ0) is 13.2. The molecule has 2 fully saturated rings. The summed E-state index contributed by atoms with van der Waals surface area (Å²) in [6, 6.07) is 7.73. The molecule has 0 aromatic heterocycles. The van der Waals surface area contributed by atoms with Crippen LogP contribution < -0.4 is 5.32 Å². The lowest BCUT2D eigenvalue weighted by molar-refractivity contribution is 0.399. The molecule has 0 saturated heterocycles. The molecule has 0 aliphatic heterocycles. The molecular formula is C17H24FN. The number of halogens is 1. The molecule has 104 valence electrons. The Hall–Kier alpha value is -0.890. The van der Waals surface area contributed by atoms with Gasteiger partial charge in [0, 0.05) is 6.04 Å². The van der Waals surface area contributed by atoms with E-state index >= 15 is 0 Å². The van der Waals surface area contributed by atoms with Gasteiger partial charge < -0.3 is 5.32 Å². The van der Waals surface area contributed by atoms with Gasteiger partial charge in [0.1, 0.15) is 5.82 Å². The summed E-state index contributed by atoms with van der Waals surface area (Å²) in [4.78, 5) is 0. The highest BCUT2D eigenvalue weighted by Crippen LogP contribution is 2.59. The topological polar surface area (TPSA) is 12.0 Å². The Kier molecular flexibility index (Phi) is 3.88. The molecule has 0 radical (unpaired) electrons. The smallest absolute Gasteiger partial charge is 0.126 e. The van der Waals surface area contributed by atoms with Crippen molar-refractivity contribution >= 4 is 0 Å². The monoisotopic (exact) mass is 261 g/mol. The van der Waals surface area contributed by atoms with Crippen LogP contribution in [0.4, 0.5) is 4.39 Å². The number of benzene rings is 1. The lowest BCUT2D eigenvalue weighted by Gasteiger charge is -2.21. The second-order valence-corrected chi connectivity index (χ2v) is 6.19. The van der Waals surface area contributed by atoms with Crippen LogP contribution in [0.2, 0.25) is 0 Å². The van der Waals surface area contributed by atoms with E-state index in [4.69, 9.17) is 0 Å². The van der Waals surface area contributed by atoms with Crippen molar-refractivity contribution in [3.8, 4) is 0 Å². The van der Waals surface area contributed by atoms with Crippen molar-refractivity contribution in [1.82, 2.24) is 5.32 Å². The van der Waals surface area contributed by atoms with E-state index < -0.39 is 0 Å². The van der Waals surface area contributed by atoms with Crippen molar-refractivity contribution in [3.05, 3.63) is 35.6 Å². The fraction of sp³-hybridized carbons (Fsp3) is 0.647. The van der Waals surface area contributed by atoms with E-state index in [1.165, 1.54) is 19.3 Å². The Morgan fingerprint density at radius 1 is 1.26 bits per heavy atom. The summed E-state index contributed by atoms with van der Waals surface area (Å²) in [6.07, 6.45) is 6.21. The van der Waals surface area contributed by atoms with E-state index in [0.29, 0.717) is 6.04 Å². The number of rotatable bonds is 6. The zero-order valence-corrected chi connectivity index (χ0v) is 11.7. The molecule has 0 amide bonds. The number of hydrogen-bond donors (Lipinski definition) is 1. The molecule has 0 bridgehead atoms. The van der Waals surface area contributed by atoms with Crippen LogP contribution in [-0.4, -0.2) is 12.6 Å². The average Bonchev–Trinajstić information content (AvgIpc) is 2.89. The molecule has 2 saturated carbocycles. The molecule has 3 atom stereocenters. The number of nitrogens with one attached hydrogen (secondary N) is 1. The molecule has 1 aromatic carbocycles. The van der Waals surface area contributed by atoms with Gasteiger partial charge in [0.05, 0.1) is 0 Å². The van der Waals surface area contributed by atoms with Gasteiger partial charge in [-0.3, -0.25) is 0 Å². The predicted octanol–water partition coefficient (Wildman–Crippen LogP) is 3.78. The van der Waals surface area contributed by atoms with Gasteiger partial charge in [0.25, 0.3) is 0 Å². The lowest BCUT2D eigenvalue weighted by atomic mass is 9.96. The summed E-state index contributed by atoms with van der Waals surface area (Å²) in [6.45, 7) is 3.25. The van der Waals surface area contributed by atoms with Gasteiger partial charge in [-0.15, -0.1) is 0 Å². The molecule has 3 rings (SSSR count). The molecule has 3 unspecified atom stereocenters. The van der Waals surface area contributed by atoms with E-state index in [1.54, 1.807) is 12.1 Å². The van der Waals surface area contributed by atoms with Crippen LogP contribution in [0.5, 0.6) is 0 Å². The normalized spacial score (nSPS) is 30.1. The average molecular weight is 261 g/mol. The Balaban J connectivity index is 1.68. The van der Waals surface area contributed by atoms with E-state index in [0.717, 1.165) is 42.7 Å². The first kappa shape index (κ1) is 13.1. The van der Waals surface area contributed by atoms with Gasteiger partial charge in [0.15, 0.2) is 0 Å². The summed E-state index contributed by atoms with van der Waals surface area (Å²) in [7, 11) is 0. The maximum atomic E-state index is 13.8. The first-order valence-corrected chi connectivity index (χ1v) is 7.78. The zero-order valence-electron chi connectivity index (χ0n) is 11.7. The van der Waals surface area contributed by atoms with Crippen LogP contribution in [0.1, 0.15) is 38.2 Å². The van der Waals surface area contributed by atoms with Gasteiger partial charge in [-0.2, -0.15) is 0 Å². The van der Waals surface area contributed by atoms with Crippen molar-refractivity contribution < 1.29 is 4.39 Å². The molecule has 0 heterocycles. The van der Waals surface area contributed by atoms with Crippen LogP contribution in [0, 0.1) is 23.6 Å². The first-order chi connectivity index (χ1) is 9.31. The van der Waals surface area contributed by atoms with Crippen LogP contribution in [0.15, 0.2) is 24.3 Å². The van der Waals surface area contributed by atoms with Gasteiger partial charge in [0.2, 0.25) is 0 Å². The minimum absolute atomic E-state index is 0.0448. The van der Waals surface area contributed by atoms with Crippen molar-refractivity contribution in [2.75, 3.05) is 6.54 Å². The second kappa shape index (κ2) is 5.62. The quantitative estimate of drug-likeness (QED) is 0.821. The highest BCUT2D eigenvalue weighted by atomic mass is 19.1. The minimum Gasteiger partial charge on any atom is -0.313 e. The lowest BCUT2D eigenvalue weighted by Crippen LogP contribution is -2.35. The summed E-state index contributed by atoms with van der Waals surface area (Å²) in [5, 5.41) is 3.67. The van der Waals surface area contributed by atoms with Gasteiger partial charge in [-0.25, -0.2) is 4.39 Å². The summed E-state index contributed by atoms with van der Waals surface area (Å²) >= 11 is 0. The van der Waals surface area contributed by atoms with E-state index in [-0.39, 0.29) is 5.82 Å². The molecule has 2 heteroatoms. The largest absolute Gasteiger partial charge is 0.313 e. The van der Waals surface area contributed by atoms with Crippen molar-refractivity contribution in [2.24, 2.45) is 17.8 Å². The maximum Gasteiger partial charge on any atom is 0.126 e. The van der Waals surface area contributed by atoms with E-state index in [9.17, 15) is 4.39 Å². The van der Waals surface area contributed by atoms with E-state index in [2.05, 4.69) is 12.2 Å². The van der Waals surface area contributed by atoms with Crippen molar-refractivity contribution in [2.45, 2.75) is 45.1 Å². The summed E-state index contributed by atoms with van der Waals surface area (Å²) < 4.78 is 13.8. The van der Waals surface area contributed by atoms with Crippen molar-refractivity contribution in [1.29, 1.82) is 0 Å². The summed E-state index contributed by atoms with van der Waals surface area (Å²) in [5.74, 6) is 2.62. The fourth-order valence-corrected chi connectivity index (χ4v) is 4.05. The van der Waals surface area contributed by atoms with Crippen LogP contribution in [0.3, 0.4) is 0 Å². The Morgan fingerprint density at radius 2 is 2.00 bits per heavy atom. The molecule has 19 heavy (non-hydrogen) atoms. The third kappa shape index (κ3) is 2.69. The first-order valence-electron chi connectivity index (χ1n) is 7.78. The molecule has 0 spiro atoms. The highest BCUT2D eigenvalue weighted by Gasteiger charge is 2.55. The van der Waals surface area contributed by atoms with Crippen molar-refractivity contribution in [3.63, 3.8) is 0 Å². The third-order valence-electron chi connectivity index (χ3n) is 4.99. The van der Waals surface area contributed by atoms with Gasteiger partial charge in [-0.05, 0) is 61.6 Å². The molecule has 1 N–H and O–H groups in total. The Bertz CT molecular complexity index is 421. The van der Waals surface area contributed by atoms with Gasteiger partial charge >= 0.3 is 0 Å². The maximum absolute atomic E-state index is 13.8. The molecule has 2 aliphatic carbocycles. The predicted molar refractivity (Wildman–Crippen MR) is 76.5 cm³/mol. The Morgan fingerprint density at radius 3 is 2.68 bits per heavy atom. The van der Waals surface area contributed by atoms with Gasteiger partial charge in [-0.1, -0.05) is 31.5 Å². The fourth-order valence-electron chi connectivity index (χ4n) is 4.05. The highest BCUT2D eigenvalue weighted by molar-refractivity contribution is 5.20. The van der Waals surface area contributed by atoms with Crippen LogP contribution in [-0.2, 0) is 6.42 Å². The van der Waals surface area contributed by atoms with E-state index in [1.807, 2.05) is 12.1 Å². The molecule has 1 aromatic rings. The summed E-state index contributed by atoms with van der Waals surface area (Å²) in [5.41, 5.74) is 0.876.